The second kappa shape index (κ2) is 8.62. The van der Waals surface area contributed by atoms with Crippen molar-refractivity contribution in [2.45, 2.75) is 26.3 Å². The second-order valence-electron chi connectivity index (χ2n) is 3.61. The van der Waals surface area contributed by atoms with E-state index in [0.717, 1.165) is 0 Å². The van der Waals surface area contributed by atoms with Gasteiger partial charge in [-0.25, -0.2) is 4.79 Å². The van der Waals surface area contributed by atoms with Gasteiger partial charge >= 0.3 is 5.97 Å². The maximum Gasteiger partial charge on any atom is 0.327 e. The van der Waals surface area contributed by atoms with Gasteiger partial charge in [0.1, 0.15) is 6.04 Å². The summed E-state index contributed by atoms with van der Waals surface area (Å²) >= 11 is 0. The average molecular weight is 278 g/mol. The molecule has 0 aliphatic carbocycles. The molecule has 104 valence electrons. The molecule has 0 radical (unpaired) electrons. The molecule has 8 heteroatoms. The molecular formula is C10H18N2O5S. The Morgan fingerprint density at radius 3 is 2.39 bits per heavy atom. The Bertz CT molecular complexity index is 345. The Labute approximate surface area is 108 Å². The fourth-order valence-electron chi connectivity index (χ4n) is 1.18. The van der Waals surface area contributed by atoms with E-state index in [1.165, 1.54) is 6.92 Å². The van der Waals surface area contributed by atoms with Crippen LogP contribution in [0, 0.1) is 0 Å². The molecule has 0 rings (SSSR count). The van der Waals surface area contributed by atoms with Gasteiger partial charge in [0.25, 0.3) is 0 Å². The van der Waals surface area contributed by atoms with Crippen LogP contribution >= 0.6 is 0 Å². The Balaban J connectivity index is 4.14. The lowest BCUT2D eigenvalue weighted by Gasteiger charge is -2.12. The van der Waals surface area contributed by atoms with Crippen LogP contribution in [0.5, 0.6) is 0 Å². The van der Waals surface area contributed by atoms with Crippen LogP contribution in [0.2, 0.25) is 0 Å². The van der Waals surface area contributed by atoms with Crippen LogP contribution in [0.3, 0.4) is 0 Å². The molecule has 0 saturated heterocycles. The fourth-order valence-corrected chi connectivity index (χ4v) is 2.36. The molecule has 0 aliphatic rings. The normalized spacial score (nSPS) is 13.4. The first-order valence-electron chi connectivity index (χ1n) is 5.48. The van der Waals surface area contributed by atoms with E-state index in [1.54, 1.807) is 6.92 Å². The number of amides is 2. The molecule has 7 nitrogen and oxygen atoms in total. The topological polar surface area (TPSA) is 113 Å². The number of hydrogen-bond acceptors (Lipinski definition) is 4. The minimum atomic E-state index is -1.47. The fraction of sp³-hybridized carbons (Fsp3) is 0.700. The summed E-state index contributed by atoms with van der Waals surface area (Å²) in [5.41, 5.74) is 0. The number of carboxylic acids is 1. The summed E-state index contributed by atoms with van der Waals surface area (Å²) in [4.78, 5) is 32.6. The zero-order chi connectivity index (χ0) is 14.1. The van der Waals surface area contributed by atoms with Crippen LogP contribution in [0.4, 0.5) is 0 Å². The number of aliphatic carboxylic acids is 1. The van der Waals surface area contributed by atoms with E-state index >= 15 is 0 Å². The molecule has 0 aliphatic heterocycles. The van der Waals surface area contributed by atoms with Crippen molar-refractivity contribution in [3.05, 3.63) is 0 Å². The van der Waals surface area contributed by atoms with Gasteiger partial charge in [-0.3, -0.25) is 13.8 Å². The number of rotatable bonds is 8. The maximum atomic E-state index is 11.6. The van der Waals surface area contributed by atoms with Gasteiger partial charge in [0.2, 0.25) is 11.8 Å². The molecule has 2 amide bonds. The standard InChI is InChI=1S/C10H18N2O5S/c1-3-11-9(14)4-5-18(17)6-8(10(15)16)12-7(2)13/h8H,3-6H2,1-2H3,(H,11,14)(H,12,13)(H,15,16)/t8-,18?/m0/s1. The van der Waals surface area contributed by atoms with Crippen LogP contribution in [-0.4, -0.2) is 51.2 Å². The van der Waals surface area contributed by atoms with Gasteiger partial charge < -0.3 is 15.7 Å². The van der Waals surface area contributed by atoms with Crippen LogP contribution < -0.4 is 10.6 Å². The van der Waals surface area contributed by atoms with E-state index in [0.29, 0.717) is 6.54 Å². The van der Waals surface area contributed by atoms with Gasteiger partial charge in [0, 0.05) is 36.4 Å². The quantitative estimate of drug-likeness (QED) is 0.519. The first kappa shape index (κ1) is 16.6. The molecule has 18 heavy (non-hydrogen) atoms. The molecule has 0 heterocycles. The van der Waals surface area contributed by atoms with Crippen LogP contribution in [0.15, 0.2) is 0 Å². The molecule has 0 aromatic rings. The zero-order valence-corrected chi connectivity index (χ0v) is 11.2. The van der Waals surface area contributed by atoms with Gasteiger partial charge in [-0.05, 0) is 6.92 Å². The van der Waals surface area contributed by atoms with E-state index in [4.69, 9.17) is 5.11 Å². The average Bonchev–Trinajstić information content (AvgIpc) is 2.25. The van der Waals surface area contributed by atoms with Gasteiger partial charge in [0.05, 0.1) is 5.75 Å². The monoisotopic (exact) mass is 278 g/mol. The number of carbonyl (C=O) groups excluding carboxylic acids is 2. The summed E-state index contributed by atoms with van der Waals surface area (Å²) in [6.45, 7) is 3.45. The second-order valence-corrected chi connectivity index (χ2v) is 5.23. The van der Waals surface area contributed by atoms with Gasteiger partial charge in [-0.1, -0.05) is 0 Å². The Kier molecular flexibility index (Phi) is 7.93. The highest BCUT2D eigenvalue weighted by atomic mass is 32.2. The maximum absolute atomic E-state index is 11.6. The van der Waals surface area contributed by atoms with Crippen LogP contribution in [-0.2, 0) is 25.2 Å². The molecule has 0 saturated carbocycles. The highest BCUT2D eigenvalue weighted by Crippen LogP contribution is 1.94. The first-order chi connectivity index (χ1) is 8.36. The van der Waals surface area contributed by atoms with Crippen molar-refractivity contribution in [1.82, 2.24) is 10.6 Å². The predicted octanol–water partition coefficient (Wildman–Crippen LogP) is -1.15. The third-order valence-corrected chi connectivity index (χ3v) is 3.32. The van der Waals surface area contributed by atoms with Crippen molar-refractivity contribution in [2.75, 3.05) is 18.1 Å². The van der Waals surface area contributed by atoms with Gasteiger partial charge in [-0.2, -0.15) is 0 Å². The molecule has 0 fully saturated rings. The van der Waals surface area contributed by atoms with E-state index in [-0.39, 0.29) is 23.8 Å². The summed E-state index contributed by atoms with van der Waals surface area (Å²) in [6, 6.07) is -1.18. The van der Waals surface area contributed by atoms with E-state index in [1.807, 2.05) is 0 Å². The first-order valence-corrected chi connectivity index (χ1v) is 6.97. The summed E-state index contributed by atoms with van der Waals surface area (Å²) in [5.74, 6) is -2.08. The Morgan fingerprint density at radius 1 is 1.33 bits per heavy atom. The molecule has 0 spiro atoms. The van der Waals surface area contributed by atoms with Crippen molar-refractivity contribution >= 4 is 28.6 Å². The molecule has 1 unspecified atom stereocenters. The largest absolute Gasteiger partial charge is 0.480 e. The molecule has 0 aromatic carbocycles. The number of hydrogen-bond donors (Lipinski definition) is 3. The molecular weight excluding hydrogens is 260 g/mol. The van der Waals surface area contributed by atoms with E-state index < -0.39 is 28.7 Å². The van der Waals surface area contributed by atoms with Crippen LogP contribution in [0.1, 0.15) is 20.3 Å². The van der Waals surface area contributed by atoms with Gasteiger partial charge in [0.15, 0.2) is 0 Å². The van der Waals surface area contributed by atoms with E-state index in [2.05, 4.69) is 10.6 Å². The van der Waals surface area contributed by atoms with Crippen LogP contribution in [0.25, 0.3) is 0 Å². The lowest BCUT2D eigenvalue weighted by Crippen LogP contribution is -2.43. The van der Waals surface area contributed by atoms with Crippen molar-refractivity contribution in [2.24, 2.45) is 0 Å². The summed E-state index contributed by atoms with van der Waals surface area (Å²) in [5, 5.41) is 13.5. The summed E-state index contributed by atoms with van der Waals surface area (Å²) < 4.78 is 11.6. The van der Waals surface area contributed by atoms with Crippen molar-refractivity contribution in [3.8, 4) is 0 Å². The SMILES string of the molecule is CCNC(=O)CCS(=O)C[C@H](NC(C)=O)C(=O)O. The molecule has 0 bridgehead atoms. The smallest absolute Gasteiger partial charge is 0.327 e. The van der Waals surface area contributed by atoms with Crippen molar-refractivity contribution in [3.63, 3.8) is 0 Å². The van der Waals surface area contributed by atoms with E-state index in [9.17, 15) is 18.6 Å². The number of carbonyl (C=O) groups is 3. The van der Waals surface area contributed by atoms with Gasteiger partial charge in [-0.15, -0.1) is 0 Å². The predicted molar refractivity (Wildman–Crippen MR) is 66.4 cm³/mol. The van der Waals surface area contributed by atoms with Crippen molar-refractivity contribution in [1.29, 1.82) is 0 Å². The number of nitrogens with one attached hydrogen (secondary N) is 2. The summed E-state index contributed by atoms with van der Waals surface area (Å²) in [7, 11) is -1.47. The van der Waals surface area contributed by atoms with Crippen molar-refractivity contribution < 1.29 is 23.7 Å². The highest BCUT2D eigenvalue weighted by Gasteiger charge is 2.21. The molecule has 2 atom stereocenters. The number of carboxylic acid groups (broad SMARTS) is 1. The minimum Gasteiger partial charge on any atom is -0.480 e. The lowest BCUT2D eigenvalue weighted by molar-refractivity contribution is -0.140. The highest BCUT2D eigenvalue weighted by molar-refractivity contribution is 7.85. The summed E-state index contributed by atoms with van der Waals surface area (Å²) in [6.07, 6.45) is 0.0763. The zero-order valence-electron chi connectivity index (χ0n) is 10.4. The Hall–Kier alpha value is -1.44. The Morgan fingerprint density at radius 2 is 1.94 bits per heavy atom. The minimum absolute atomic E-state index is 0.0763. The third kappa shape index (κ3) is 7.77. The molecule has 0 aromatic heterocycles. The molecule has 3 N–H and O–H groups in total. The lowest BCUT2D eigenvalue weighted by atomic mass is 10.3. The third-order valence-electron chi connectivity index (χ3n) is 1.96.